The zero-order chi connectivity index (χ0) is 21.8. The first-order valence-electron chi connectivity index (χ1n) is 10.3. The highest BCUT2D eigenvalue weighted by Gasteiger charge is 2.43. The van der Waals surface area contributed by atoms with Gasteiger partial charge in [-0.05, 0) is 52.9 Å². The highest BCUT2D eigenvalue weighted by Crippen LogP contribution is 2.50. The third kappa shape index (κ3) is 3.22. The van der Waals surface area contributed by atoms with Crippen molar-refractivity contribution in [3.05, 3.63) is 75.8 Å². The highest BCUT2D eigenvalue weighted by molar-refractivity contribution is 7.13. The van der Waals surface area contributed by atoms with Crippen LogP contribution < -0.4 is 4.74 Å². The third-order valence-corrected chi connectivity index (χ3v) is 7.09. The molecule has 0 amide bonds. The predicted octanol–water partition coefficient (Wildman–Crippen LogP) is 4.03. The Balaban J connectivity index is 1.52. The Morgan fingerprint density at radius 1 is 1.19 bits per heavy atom. The smallest absolute Gasteiger partial charge is 0.193 e. The number of ketones is 1. The lowest BCUT2D eigenvalue weighted by Crippen LogP contribution is -2.30. The number of benzene rings is 2. The monoisotopic (exact) mass is 433 g/mol. The molecule has 2 aromatic carbocycles. The molecule has 1 aromatic heterocycles. The summed E-state index contributed by atoms with van der Waals surface area (Å²) in [5.74, 6) is 0.629. The molecule has 0 bridgehead atoms. The van der Waals surface area contributed by atoms with Gasteiger partial charge in [0.05, 0.1) is 6.61 Å². The van der Waals surface area contributed by atoms with E-state index in [4.69, 9.17) is 9.84 Å². The fraction of sp³-hybridized carbons (Fsp3) is 0.280. The van der Waals surface area contributed by atoms with Gasteiger partial charge in [-0.3, -0.25) is 4.79 Å². The van der Waals surface area contributed by atoms with Gasteiger partial charge in [0, 0.05) is 33.7 Å². The van der Waals surface area contributed by atoms with Crippen LogP contribution in [0.15, 0.2) is 53.5 Å². The van der Waals surface area contributed by atoms with E-state index in [2.05, 4.69) is 31.0 Å². The van der Waals surface area contributed by atoms with Crippen LogP contribution in [0.5, 0.6) is 5.75 Å². The van der Waals surface area contributed by atoms with Gasteiger partial charge in [0.2, 0.25) is 0 Å². The molecule has 31 heavy (non-hydrogen) atoms. The Hall–Kier alpha value is -2.80. The minimum Gasteiger partial charge on any atom is -0.491 e. The minimum absolute atomic E-state index is 0.00256. The van der Waals surface area contributed by atoms with E-state index in [0.717, 1.165) is 44.8 Å². The lowest BCUT2D eigenvalue weighted by molar-refractivity contribution is 0.0535. The molecule has 0 saturated carbocycles. The third-order valence-electron chi connectivity index (χ3n) is 6.27. The molecule has 6 heteroatoms. The lowest BCUT2D eigenvalue weighted by Gasteiger charge is -2.34. The number of fused-ring (bicyclic) bond motifs is 3. The Bertz CT molecular complexity index is 1210. The number of aliphatic hydroxyl groups excluding tert-OH is 2. The molecular weight excluding hydrogens is 410 g/mol. The molecule has 0 fully saturated rings. The van der Waals surface area contributed by atoms with Crippen molar-refractivity contribution >= 4 is 22.7 Å². The number of rotatable bonds is 5. The first-order valence-corrected chi connectivity index (χ1v) is 11.2. The molecule has 0 spiro atoms. The summed E-state index contributed by atoms with van der Waals surface area (Å²) < 4.78 is 5.64. The second-order valence-corrected chi connectivity index (χ2v) is 9.44. The van der Waals surface area contributed by atoms with E-state index in [1.165, 1.54) is 0 Å². The van der Waals surface area contributed by atoms with Gasteiger partial charge in [-0.15, -0.1) is 11.3 Å². The number of allylic oxidation sites excluding steroid dienone is 2. The number of carbonyl (C=O) groups excluding carboxylic acids is 1. The van der Waals surface area contributed by atoms with Gasteiger partial charge in [0.25, 0.3) is 0 Å². The average Bonchev–Trinajstić information content (AvgIpc) is 3.44. The summed E-state index contributed by atoms with van der Waals surface area (Å²) in [6, 6.07) is 11.7. The normalized spacial score (nSPS) is 17.2. The molecular formula is C25H23NO4S. The van der Waals surface area contributed by atoms with Crippen molar-refractivity contribution in [2.45, 2.75) is 31.8 Å². The maximum Gasteiger partial charge on any atom is 0.193 e. The van der Waals surface area contributed by atoms with Gasteiger partial charge in [0.1, 0.15) is 23.5 Å². The summed E-state index contributed by atoms with van der Waals surface area (Å²) in [5.41, 5.74) is 6.49. The number of thiazole rings is 1. The molecule has 3 aromatic rings. The molecule has 1 atom stereocenters. The number of carbonyl (C=O) groups is 1. The Morgan fingerprint density at radius 2 is 2.00 bits per heavy atom. The van der Waals surface area contributed by atoms with Crippen LogP contribution in [0.4, 0.5) is 0 Å². The van der Waals surface area contributed by atoms with E-state index in [1.807, 2.05) is 23.6 Å². The van der Waals surface area contributed by atoms with Crippen LogP contribution in [0.1, 0.15) is 40.9 Å². The Morgan fingerprint density at radius 3 is 2.74 bits per heavy atom. The molecule has 2 aliphatic rings. The van der Waals surface area contributed by atoms with Crippen LogP contribution >= 0.6 is 11.3 Å². The number of Topliss-reactive ketones (excluding diaryl/α,β-unsaturated/α-hetero) is 1. The van der Waals surface area contributed by atoms with Crippen molar-refractivity contribution in [1.29, 1.82) is 0 Å². The number of aliphatic hydroxyl groups is 2. The van der Waals surface area contributed by atoms with Crippen molar-refractivity contribution in [1.82, 2.24) is 4.98 Å². The number of hydrogen-bond acceptors (Lipinski definition) is 6. The van der Waals surface area contributed by atoms with Gasteiger partial charge in [-0.1, -0.05) is 26.0 Å². The van der Waals surface area contributed by atoms with Gasteiger partial charge in [-0.25, -0.2) is 4.98 Å². The van der Waals surface area contributed by atoms with Crippen molar-refractivity contribution < 1.29 is 19.7 Å². The second-order valence-electron chi connectivity index (χ2n) is 8.55. The van der Waals surface area contributed by atoms with Gasteiger partial charge in [0.15, 0.2) is 5.78 Å². The van der Waals surface area contributed by atoms with Gasteiger partial charge in [-0.2, -0.15) is 0 Å². The molecule has 0 unspecified atom stereocenters. The average molecular weight is 434 g/mol. The number of aromatic nitrogens is 1. The summed E-state index contributed by atoms with van der Waals surface area (Å²) in [6.45, 7) is 3.94. The fourth-order valence-electron chi connectivity index (χ4n) is 4.59. The predicted molar refractivity (Wildman–Crippen MR) is 121 cm³/mol. The molecule has 2 N–H and O–H groups in total. The van der Waals surface area contributed by atoms with Crippen LogP contribution in [0, 0.1) is 0 Å². The number of hydrogen-bond donors (Lipinski definition) is 2. The molecule has 2 aliphatic carbocycles. The first kappa shape index (κ1) is 20.1. The number of ether oxygens (including phenoxy) is 1. The summed E-state index contributed by atoms with van der Waals surface area (Å²) >= 11 is 1.61. The minimum atomic E-state index is -0.934. The summed E-state index contributed by atoms with van der Waals surface area (Å²) in [4.78, 5) is 17.9. The Kier molecular flexibility index (Phi) is 4.81. The number of nitrogens with zero attached hydrogens (tertiary/aromatic N) is 1. The van der Waals surface area contributed by atoms with E-state index in [-0.39, 0.29) is 24.4 Å². The summed E-state index contributed by atoms with van der Waals surface area (Å²) in [6.07, 6.45) is 1.60. The molecule has 0 saturated heterocycles. The van der Waals surface area contributed by atoms with E-state index in [1.54, 1.807) is 23.6 Å². The van der Waals surface area contributed by atoms with E-state index >= 15 is 0 Å². The molecule has 0 aliphatic heterocycles. The lowest BCUT2D eigenvalue weighted by atomic mass is 9.68. The van der Waals surface area contributed by atoms with Crippen molar-refractivity contribution in [3.63, 3.8) is 0 Å². The van der Waals surface area contributed by atoms with Crippen LogP contribution in [0.3, 0.4) is 0 Å². The zero-order valence-electron chi connectivity index (χ0n) is 17.4. The van der Waals surface area contributed by atoms with E-state index in [0.29, 0.717) is 11.3 Å². The maximum atomic E-state index is 13.5. The van der Waals surface area contributed by atoms with Gasteiger partial charge >= 0.3 is 0 Å². The van der Waals surface area contributed by atoms with E-state index in [9.17, 15) is 9.90 Å². The van der Waals surface area contributed by atoms with Gasteiger partial charge < -0.3 is 14.9 Å². The maximum absolute atomic E-state index is 13.5. The van der Waals surface area contributed by atoms with Crippen LogP contribution in [-0.4, -0.2) is 40.3 Å². The largest absolute Gasteiger partial charge is 0.491 e. The van der Waals surface area contributed by atoms with Crippen molar-refractivity contribution in [3.8, 4) is 16.3 Å². The first-order chi connectivity index (χ1) is 14.9. The zero-order valence-corrected chi connectivity index (χ0v) is 18.2. The SMILES string of the molecule is CC1(C)C2=C(C(=O)c3ccc(OC[C@H](O)CO)cc31)c1ccc(-c3nccs3)cc1C2. The molecule has 158 valence electrons. The van der Waals surface area contributed by atoms with Crippen molar-refractivity contribution in [2.75, 3.05) is 13.2 Å². The standard InChI is InChI=1S/C25H23NO4S/c1-25(2)20-11-17(30-13-16(28)12-27)4-6-19(20)23(29)22-18-5-3-14(24-26-7-8-31-24)9-15(18)10-21(22)25/h3-9,11,16,27-28H,10,12-13H2,1-2H3/t16-/m1/s1. The molecule has 1 heterocycles. The highest BCUT2D eigenvalue weighted by atomic mass is 32.1. The molecule has 0 radical (unpaired) electrons. The quantitative estimate of drug-likeness (QED) is 0.635. The summed E-state index contributed by atoms with van der Waals surface area (Å²) in [5, 5.41) is 21.5. The van der Waals surface area contributed by atoms with Crippen LogP contribution in [-0.2, 0) is 11.8 Å². The molecule has 5 nitrogen and oxygen atoms in total. The fourth-order valence-corrected chi connectivity index (χ4v) is 5.22. The van der Waals surface area contributed by atoms with E-state index < -0.39 is 6.10 Å². The summed E-state index contributed by atoms with van der Waals surface area (Å²) in [7, 11) is 0. The topological polar surface area (TPSA) is 79.7 Å². The van der Waals surface area contributed by atoms with Crippen molar-refractivity contribution in [2.24, 2.45) is 0 Å². The van der Waals surface area contributed by atoms with Crippen LogP contribution in [0.25, 0.3) is 16.1 Å². The van der Waals surface area contributed by atoms with Crippen LogP contribution in [0.2, 0.25) is 0 Å². The Labute approximate surface area is 184 Å². The second kappa shape index (κ2) is 7.41. The molecule has 5 rings (SSSR count).